The van der Waals surface area contributed by atoms with Crippen LogP contribution in [0.4, 0.5) is 5.82 Å². The largest absolute Gasteiger partial charge is 0.481 e. The molecule has 2 aromatic heterocycles. The molecule has 3 aromatic carbocycles. The van der Waals surface area contributed by atoms with Crippen molar-refractivity contribution < 1.29 is 29.0 Å². The van der Waals surface area contributed by atoms with Gasteiger partial charge in [-0.2, -0.15) is 5.10 Å². The number of ketones is 1. The molecule has 1 atom stereocenters. The van der Waals surface area contributed by atoms with Crippen molar-refractivity contribution in [3.05, 3.63) is 100 Å². The molecule has 49 heavy (non-hydrogen) atoms. The summed E-state index contributed by atoms with van der Waals surface area (Å²) in [6, 6.07) is 20.5. The van der Waals surface area contributed by atoms with Gasteiger partial charge in [-0.15, -0.1) is 0 Å². The number of carboxylic acid groups (broad SMARTS) is 1. The molecule has 1 unspecified atom stereocenters. The Labute approximate surface area is 287 Å². The first kappa shape index (κ1) is 34.7. The number of aromatic amines is 1. The van der Waals surface area contributed by atoms with Gasteiger partial charge in [0, 0.05) is 62.2 Å². The minimum absolute atomic E-state index is 0.120. The number of hydrogen-bond donors (Lipinski definition) is 4. The fourth-order valence-electron chi connectivity index (χ4n) is 5.38. The lowest BCUT2D eigenvalue weighted by molar-refractivity contribution is -0.134. The van der Waals surface area contributed by atoms with E-state index in [1.165, 1.54) is 15.6 Å². The summed E-state index contributed by atoms with van der Waals surface area (Å²) in [5.74, 6) is -0.523. The summed E-state index contributed by atoms with van der Waals surface area (Å²) in [4.78, 5) is 54.6. The number of aliphatic carboxylic acids is 1. The Balaban J connectivity index is 0.00000111. The fraction of sp³-hybridized carbons (Fsp3) is 0.229. The van der Waals surface area contributed by atoms with Crippen LogP contribution in [0.5, 0.6) is 11.5 Å². The van der Waals surface area contributed by atoms with Crippen LogP contribution >= 0.6 is 11.6 Å². The SMILES string of the molecule is CC(=O)O.CN1CCC(NC(=O)c2ccc3[nH]c(C(=O)c4cc(N)n(-c5ccc(Oc6ccccc6C(=O)N(C)C)cc5Cl)n4)cc3c2)C1. The normalized spacial score (nSPS) is 14.2. The molecule has 6 rings (SSSR count). The van der Waals surface area contributed by atoms with Crippen molar-refractivity contribution in [3.8, 4) is 17.2 Å². The molecule has 254 valence electrons. The van der Waals surface area contributed by atoms with Gasteiger partial charge in [-0.1, -0.05) is 23.7 Å². The lowest BCUT2D eigenvalue weighted by atomic mass is 10.1. The van der Waals surface area contributed by atoms with Crippen LogP contribution in [0.3, 0.4) is 0 Å². The first-order valence-corrected chi connectivity index (χ1v) is 15.7. The second-order valence-corrected chi connectivity index (χ2v) is 12.2. The smallest absolute Gasteiger partial charge is 0.300 e. The van der Waals surface area contributed by atoms with E-state index in [1.807, 2.05) is 7.05 Å². The van der Waals surface area contributed by atoms with E-state index in [0.29, 0.717) is 34.0 Å². The first-order chi connectivity index (χ1) is 23.3. The maximum absolute atomic E-state index is 13.4. The van der Waals surface area contributed by atoms with Crippen LogP contribution < -0.4 is 15.8 Å². The molecule has 1 aliphatic heterocycles. The number of nitrogen functional groups attached to an aromatic ring is 1. The number of nitrogens with two attached hydrogens (primary N) is 1. The van der Waals surface area contributed by atoms with Gasteiger partial charge in [-0.25, -0.2) is 4.68 Å². The van der Waals surface area contributed by atoms with Crippen LogP contribution in [0.25, 0.3) is 16.6 Å². The number of fused-ring (bicyclic) bond motifs is 1. The number of carboxylic acids is 1. The van der Waals surface area contributed by atoms with Gasteiger partial charge < -0.3 is 35.7 Å². The molecule has 0 saturated carbocycles. The van der Waals surface area contributed by atoms with Crippen LogP contribution in [0, 0.1) is 0 Å². The van der Waals surface area contributed by atoms with Crippen LogP contribution in [0.15, 0.2) is 72.8 Å². The number of rotatable bonds is 8. The minimum atomic E-state index is -0.833. The van der Waals surface area contributed by atoms with Gasteiger partial charge in [-0.3, -0.25) is 19.2 Å². The molecule has 0 aliphatic carbocycles. The standard InChI is InChI=1S/C33H32ClN7O4.C2H4O2/c1-39(2)33(44)23-6-4-5-7-29(23)45-22-9-11-28(24(34)16-22)41-30(35)17-27(38-41)31(42)26-15-20-14-19(8-10-25(20)37-26)32(43)36-21-12-13-40(3)18-21;1-2(3)4/h4-11,14-17,21,37H,12-13,18,35H2,1-3H3,(H,36,43);1H3,(H,3,4). The lowest BCUT2D eigenvalue weighted by Crippen LogP contribution is -2.36. The molecule has 0 bridgehead atoms. The Kier molecular flexibility index (Phi) is 10.3. The summed E-state index contributed by atoms with van der Waals surface area (Å²) in [5, 5.41) is 16.0. The van der Waals surface area contributed by atoms with Gasteiger partial charge in [-0.05, 0) is 68.5 Å². The monoisotopic (exact) mass is 685 g/mol. The van der Waals surface area contributed by atoms with Crippen molar-refractivity contribution in [1.29, 1.82) is 0 Å². The highest BCUT2D eigenvalue weighted by molar-refractivity contribution is 6.32. The van der Waals surface area contributed by atoms with E-state index in [-0.39, 0.29) is 40.2 Å². The van der Waals surface area contributed by atoms with Crippen LogP contribution in [-0.2, 0) is 4.79 Å². The van der Waals surface area contributed by atoms with Crippen molar-refractivity contribution in [1.82, 2.24) is 29.9 Å². The number of likely N-dealkylation sites (N-methyl/N-ethyl adjacent to an activating group) is 1. The highest BCUT2D eigenvalue weighted by atomic mass is 35.5. The molecular formula is C35H36ClN7O6. The lowest BCUT2D eigenvalue weighted by Gasteiger charge is -2.15. The zero-order valence-corrected chi connectivity index (χ0v) is 28.1. The molecule has 0 radical (unpaired) electrons. The van der Waals surface area contributed by atoms with E-state index in [9.17, 15) is 14.4 Å². The highest BCUT2D eigenvalue weighted by Gasteiger charge is 2.23. The van der Waals surface area contributed by atoms with Gasteiger partial charge in [0.2, 0.25) is 5.78 Å². The molecule has 5 aromatic rings. The fourth-order valence-corrected chi connectivity index (χ4v) is 5.63. The number of likely N-dealkylation sites (tertiary alicyclic amines) is 1. The minimum Gasteiger partial charge on any atom is -0.481 e. The second kappa shape index (κ2) is 14.6. The maximum atomic E-state index is 13.4. The van der Waals surface area contributed by atoms with Crippen molar-refractivity contribution >= 4 is 51.9 Å². The summed E-state index contributed by atoms with van der Waals surface area (Å²) in [7, 11) is 5.37. The predicted octanol–water partition coefficient (Wildman–Crippen LogP) is 4.84. The third-order valence-electron chi connectivity index (χ3n) is 7.72. The molecule has 0 spiro atoms. The molecule has 1 aliphatic rings. The summed E-state index contributed by atoms with van der Waals surface area (Å²) < 4.78 is 7.38. The molecule has 3 heterocycles. The Morgan fingerprint density at radius 2 is 1.80 bits per heavy atom. The Bertz CT molecular complexity index is 2050. The quantitative estimate of drug-likeness (QED) is 0.167. The third-order valence-corrected chi connectivity index (χ3v) is 8.03. The summed E-state index contributed by atoms with van der Waals surface area (Å²) >= 11 is 6.62. The van der Waals surface area contributed by atoms with Gasteiger partial charge >= 0.3 is 0 Å². The Morgan fingerprint density at radius 1 is 1.06 bits per heavy atom. The van der Waals surface area contributed by atoms with Crippen LogP contribution in [0.1, 0.15) is 50.2 Å². The number of ether oxygens (including phenoxy) is 1. The number of carbonyl (C=O) groups excluding carboxylic acids is 3. The molecule has 14 heteroatoms. The number of halogens is 1. The Morgan fingerprint density at radius 3 is 2.47 bits per heavy atom. The number of para-hydroxylation sites is 1. The Hall–Kier alpha value is -5.66. The van der Waals surface area contributed by atoms with Gasteiger partial charge in [0.15, 0.2) is 0 Å². The molecule has 1 saturated heterocycles. The van der Waals surface area contributed by atoms with E-state index in [2.05, 4.69) is 20.3 Å². The van der Waals surface area contributed by atoms with E-state index in [4.69, 9.17) is 32.0 Å². The number of nitrogens with one attached hydrogen (secondary N) is 2. The number of benzene rings is 3. The number of anilines is 1. The third kappa shape index (κ3) is 8.08. The topological polar surface area (TPSA) is 176 Å². The average Bonchev–Trinajstić information content (AvgIpc) is 3.78. The van der Waals surface area contributed by atoms with E-state index in [1.54, 1.807) is 80.8 Å². The molecular weight excluding hydrogens is 650 g/mol. The van der Waals surface area contributed by atoms with Crippen molar-refractivity contribution in [2.75, 3.05) is 40.0 Å². The molecule has 1 fully saturated rings. The second-order valence-electron chi connectivity index (χ2n) is 11.8. The number of nitrogens with zero attached hydrogens (tertiary/aromatic N) is 4. The number of carbonyl (C=O) groups is 4. The summed E-state index contributed by atoms with van der Waals surface area (Å²) in [6.45, 7) is 2.86. The van der Waals surface area contributed by atoms with Crippen molar-refractivity contribution in [3.63, 3.8) is 0 Å². The van der Waals surface area contributed by atoms with Crippen LogP contribution in [-0.4, -0.2) is 93.5 Å². The van der Waals surface area contributed by atoms with Gasteiger partial charge in [0.1, 0.15) is 23.0 Å². The van der Waals surface area contributed by atoms with Crippen molar-refractivity contribution in [2.45, 2.75) is 19.4 Å². The van der Waals surface area contributed by atoms with Gasteiger partial charge in [0.25, 0.3) is 17.8 Å². The number of aromatic nitrogens is 3. The zero-order valence-electron chi connectivity index (χ0n) is 27.4. The van der Waals surface area contributed by atoms with Crippen molar-refractivity contribution in [2.24, 2.45) is 0 Å². The van der Waals surface area contributed by atoms with Gasteiger partial charge in [0.05, 0.1) is 22.0 Å². The van der Waals surface area contributed by atoms with Crippen LogP contribution in [0.2, 0.25) is 5.02 Å². The number of amides is 2. The van der Waals surface area contributed by atoms with E-state index in [0.717, 1.165) is 37.3 Å². The number of hydrogen-bond acceptors (Lipinski definition) is 8. The summed E-state index contributed by atoms with van der Waals surface area (Å²) in [5.41, 5.74) is 8.80. The highest BCUT2D eigenvalue weighted by Crippen LogP contribution is 2.32. The molecule has 13 nitrogen and oxygen atoms in total. The molecule has 2 amide bonds. The predicted molar refractivity (Wildman–Crippen MR) is 186 cm³/mol. The zero-order chi connectivity index (χ0) is 35.4. The van der Waals surface area contributed by atoms with E-state index < -0.39 is 5.97 Å². The average molecular weight is 686 g/mol. The maximum Gasteiger partial charge on any atom is 0.300 e. The summed E-state index contributed by atoms with van der Waals surface area (Å²) in [6.07, 6.45) is 0.917. The van der Waals surface area contributed by atoms with E-state index >= 15 is 0 Å². The number of H-pyrrole nitrogens is 1. The molecule has 5 N–H and O–H groups in total. The first-order valence-electron chi connectivity index (χ1n) is 15.3.